The average molecular weight is 310 g/mol. The van der Waals surface area contributed by atoms with Gasteiger partial charge in [0.2, 0.25) is 5.91 Å². The lowest BCUT2D eigenvalue weighted by Gasteiger charge is -2.30. The topological polar surface area (TPSA) is 74.3 Å². The number of hydrogen-bond donors (Lipinski definition) is 2. The number of piperidine rings is 1. The first kappa shape index (κ1) is 15.9. The van der Waals surface area contributed by atoms with Crippen LogP contribution in [-0.2, 0) is 16.0 Å². The lowest BCUT2D eigenvalue weighted by Crippen LogP contribution is -2.48. The van der Waals surface area contributed by atoms with E-state index in [2.05, 4.69) is 27.7 Å². The first-order chi connectivity index (χ1) is 10.0. The third-order valence-electron chi connectivity index (χ3n) is 3.43. The Morgan fingerprint density at radius 1 is 1.43 bits per heavy atom. The molecule has 2 amide bonds. The second-order valence-corrected chi connectivity index (χ2v) is 6.58. The van der Waals surface area contributed by atoms with Crippen LogP contribution in [-0.4, -0.2) is 41.3 Å². The molecule has 116 valence electrons. The fraction of sp³-hybridized carbons (Fsp3) is 0.643. The van der Waals surface area contributed by atoms with Crippen LogP contribution in [0.3, 0.4) is 0 Å². The molecule has 0 aliphatic carbocycles. The minimum Gasteiger partial charge on any atom is -0.294 e. The van der Waals surface area contributed by atoms with Crippen molar-refractivity contribution >= 4 is 23.2 Å². The van der Waals surface area contributed by atoms with Crippen molar-refractivity contribution in [3.05, 3.63) is 16.1 Å². The van der Waals surface area contributed by atoms with Crippen LogP contribution in [0, 0.1) is 12.8 Å². The van der Waals surface area contributed by atoms with Gasteiger partial charge in [-0.25, -0.2) is 4.98 Å². The fourth-order valence-electron chi connectivity index (χ4n) is 2.48. The van der Waals surface area contributed by atoms with Gasteiger partial charge in [-0.15, -0.1) is 11.3 Å². The molecule has 0 aromatic carbocycles. The van der Waals surface area contributed by atoms with Gasteiger partial charge in [0.15, 0.2) is 0 Å². The molecule has 0 radical (unpaired) electrons. The maximum absolute atomic E-state index is 11.8. The van der Waals surface area contributed by atoms with Crippen LogP contribution < -0.4 is 10.9 Å². The van der Waals surface area contributed by atoms with Gasteiger partial charge in [-0.05, 0) is 32.2 Å². The number of aromatic nitrogens is 1. The van der Waals surface area contributed by atoms with Crippen molar-refractivity contribution in [2.75, 3.05) is 19.6 Å². The van der Waals surface area contributed by atoms with Gasteiger partial charge in [-0.2, -0.15) is 0 Å². The molecular formula is C14H22N4O2S. The minimum absolute atomic E-state index is 0.173. The van der Waals surface area contributed by atoms with E-state index >= 15 is 0 Å². The second kappa shape index (κ2) is 7.51. The first-order valence-corrected chi connectivity index (χ1v) is 8.12. The van der Waals surface area contributed by atoms with Crippen LogP contribution in [0.2, 0.25) is 0 Å². The van der Waals surface area contributed by atoms with Gasteiger partial charge < -0.3 is 0 Å². The summed E-state index contributed by atoms with van der Waals surface area (Å²) in [6.45, 7) is 6.31. The Kier molecular flexibility index (Phi) is 5.69. The minimum atomic E-state index is -0.246. The number of hydrazine groups is 1. The zero-order valence-electron chi connectivity index (χ0n) is 12.5. The number of aryl methyl sites for hydroxylation is 1. The van der Waals surface area contributed by atoms with Crippen molar-refractivity contribution in [1.29, 1.82) is 0 Å². The van der Waals surface area contributed by atoms with Gasteiger partial charge in [0.1, 0.15) is 5.01 Å². The Morgan fingerprint density at radius 2 is 2.19 bits per heavy atom. The number of nitrogens with zero attached hydrogens (tertiary/aromatic N) is 2. The molecule has 0 bridgehead atoms. The molecule has 0 unspecified atom stereocenters. The molecule has 2 rings (SSSR count). The smallest absolute Gasteiger partial charge is 0.252 e. The molecule has 1 aliphatic rings. The molecule has 2 N–H and O–H groups in total. The molecule has 1 atom stereocenters. The lowest BCUT2D eigenvalue weighted by molar-refractivity contribution is -0.129. The molecule has 7 heteroatoms. The second-order valence-electron chi connectivity index (χ2n) is 5.64. The number of carbonyl (C=O) groups excluding carboxylic acids is 2. The van der Waals surface area contributed by atoms with Crippen LogP contribution in [0.5, 0.6) is 0 Å². The van der Waals surface area contributed by atoms with Gasteiger partial charge in [-0.3, -0.25) is 25.3 Å². The summed E-state index contributed by atoms with van der Waals surface area (Å²) >= 11 is 1.45. The van der Waals surface area contributed by atoms with Gasteiger partial charge in [0, 0.05) is 17.6 Å². The van der Waals surface area contributed by atoms with Crippen LogP contribution in [0.15, 0.2) is 5.38 Å². The van der Waals surface area contributed by atoms with Gasteiger partial charge in [0.05, 0.1) is 13.0 Å². The zero-order valence-corrected chi connectivity index (χ0v) is 13.3. The van der Waals surface area contributed by atoms with Crippen molar-refractivity contribution in [3.63, 3.8) is 0 Å². The molecule has 2 heterocycles. The van der Waals surface area contributed by atoms with E-state index in [4.69, 9.17) is 0 Å². The number of carbonyl (C=O) groups is 2. The summed E-state index contributed by atoms with van der Waals surface area (Å²) in [4.78, 5) is 29.8. The largest absolute Gasteiger partial charge is 0.294 e. The molecular weight excluding hydrogens is 288 g/mol. The third-order valence-corrected chi connectivity index (χ3v) is 4.39. The molecule has 0 saturated carbocycles. The average Bonchev–Trinajstić information content (AvgIpc) is 2.82. The lowest BCUT2D eigenvalue weighted by atomic mass is 10.0. The summed E-state index contributed by atoms with van der Waals surface area (Å²) in [7, 11) is 0. The SMILES string of the molecule is Cc1csc(CC(=O)NNC(=O)CN2CCC[C@H](C)C2)n1. The number of rotatable bonds is 4. The molecule has 1 saturated heterocycles. The van der Waals surface area contributed by atoms with E-state index in [-0.39, 0.29) is 18.2 Å². The van der Waals surface area contributed by atoms with Crippen LogP contribution in [0.4, 0.5) is 0 Å². The Morgan fingerprint density at radius 3 is 2.86 bits per heavy atom. The number of hydrogen-bond acceptors (Lipinski definition) is 5. The monoisotopic (exact) mass is 310 g/mol. The van der Waals surface area contributed by atoms with Gasteiger partial charge in [-0.1, -0.05) is 6.92 Å². The summed E-state index contributed by atoms with van der Waals surface area (Å²) in [5, 5.41) is 2.66. The first-order valence-electron chi connectivity index (χ1n) is 7.24. The van der Waals surface area contributed by atoms with Crippen molar-refractivity contribution in [3.8, 4) is 0 Å². The summed E-state index contributed by atoms with van der Waals surface area (Å²) in [5.74, 6) is 0.215. The molecule has 21 heavy (non-hydrogen) atoms. The Hall–Kier alpha value is -1.47. The van der Waals surface area contributed by atoms with E-state index in [1.54, 1.807) is 0 Å². The molecule has 1 aromatic heterocycles. The predicted molar refractivity (Wildman–Crippen MR) is 81.7 cm³/mol. The Labute approximate surface area is 128 Å². The molecule has 1 aliphatic heterocycles. The highest BCUT2D eigenvalue weighted by Crippen LogP contribution is 2.14. The number of amides is 2. The maximum Gasteiger partial charge on any atom is 0.252 e. The van der Waals surface area contributed by atoms with Crippen molar-refractivity contribution in [2.45, 2.75) is 33.1 Å². The highest BCUT2D eigenvalue weighted by molar-refractivity contribution is 7.09. The van der Waals surface area contributed by atoms with Crippen molar-refractivity contribution in [2.24, 2.45) is 5.92 Å². The summed E-state index contributed by atoms with van der Waals surface area (Å²) < 4.78 is 0. The van der Waals surface area contributed by atoms with Crippen LogP contribution >= 0.6 is 11.3 Å². The van der Waals surface area contributed by atoms with E-state index < -0.39 is 0 Å². The maximum atomic E-state index is 11.8. The van der Waals surface area contributed by atoms with Gasteiger partial charge >= 0.3 is 0 Å². The van der Waals surface area contributed by atoms with E-state index in [0.717, 1.165) is 30.2 Å². The highest BCUT2D eigenvalue weighted by atomic mass is 32.1. The molecule has 0 spiro atoms. The summed E-state index contributed by atoms with van der Waals surface area (Å²) in [6.07, 6.45) is 2.55. The molecule has 6 nitrogen and oxygen atoms in total. The summed E-state index contributed by atoms with van der Waals surface area (Å²) in [5.41, 5.74) is 5.82. The van der Waals surface area contributed by atoms with E-state index in [1.807, 2.05) is 12.3 Å². The third kappa shape index (κ3) is 5.43. The van der Waals surface area contributed by atoms with Crippen LogP contribution in [0.25, 0.3) is 0 Å². The van der Waals surface area contributed by atoms with E-state index in [1.165, 1.54) is 17.8 Å². The Bertz CT molecular complexity index is 503. The quantitative estimate of drug-likeness (QED) is 0.810. The van der Waals surface area contributed by atoms with Gasteiger partial charge in [0.25, 0.3) is 5.91 Å². The van der Waals surface area contributed by atoms with E-state index in [9.17, 15) is 9.59 Å². The number of nitrogens with one attached hydrogen (secondary N) is 2. The van der Waals surface area contributed by atoms with E-state index in [0.29, 0.717) is 12.5 Å². The van der Waals surface area contributed by atoms with Crippen LogP contribution in [0.1, 0.15) is 30.5 Å². The molecule has 1 aromatic rings. The normalized spacial score (nSPS) is 19.2. The fourth-order valence-corrected chi connectivity index (χ4v) is 3.25. The zero-order chi connectivity index (χ0) is 15.2. The highest BCUT2D eigenvalue weighted by Gasteiger charge is 2.18. The summed E-state index contributed by atoms with van der Waals surface area (Å²) in [6, 6.07) is 0. The van der Waals surface area contributed by atoms with Crippen molar-refractivity contribution < 1.29 is 9.59 Å². The predicted octanol–water partition coefficient (Wildman–Crippen LogP) is 0.873. The van der Waals surface area contributed by atoms with Crippen molar-refractivity contribution in [1.82, 2.24) is 20.7 Å². The standard InChI is InChI=1S/C14H22N4O2S/c1-10-4-3-5-18(7-10)8-13(20)17-16-12(19)6-14-15-11(2)9-21-14/h9-10H,3-8H2,1-2H3,(H,16,19)(H,17,20)/t10-/m0/s1. The number of likely N-dealkylation sites (tertiary alicyclic amines) is 1. The number of thiazole rings is 1. The molecule has 1 fully saturated rings. The Balaban J connectivity index is 1.67.